The van der Waals surface area contributed by atoms with E-state index in [1.807, 2.05) is 38.1 Å². The molecular formula is C25H34N6O2S. The van der Waals surface area contributed by atoms with Crippen molar-refractivity contribution < 1.29 is 9.59 Å². The Morgan fingerprint density at radius 1 is 1.03 bits per heavy atom. The average Bonchev–Trinajstić information content (AvgIpc) is 3.37. The normalized spacial score (nSPS) is 21.9. The number of benzene rings is 1. The first-order chi connectivity index (χ1) is 16.5. The number of fused-ring (bicyclic) bond motifs is 3. The number of hydrogen-bond acceptors (Lipinski definition) is 5. The molecular weight excluding hydrogens is 448 g/mol. The van der Waals surface area contributed by atoms with E-state index in [4.69, 9.17) is 0 Å². The van der Waals surface area contributed by atoms with Crippen molar-refractivity contribution in [2.24, 2.45) is 11.8 Å². The predicted octanol–water partition coefficient (Wildman–Crippen LogP) is 3.73. The van der Waals surface area contributed by atoms with Crippen molar-refractivity contribution in [1.82, 2.24) is 29.4 Å². The van der Waals surface area contributed by atoms with Gasteiger partial charge in [0.15, 0.2) is 5.16 Å². The molecule has 2 aromatic heterocycles. The molecule has 0 unspecified atom stereocenters. The monoisotopic (exact) mass is 482 g/mol. The highest BCUT2D eigenvalue weighted by Gasteiger charge is 2.26. The highest BCUT2D eigenvalue weighted by atomic mass is 32.2. The lowest BCUT2D eigenvalue weighted by Crippen LogP contribution is -2.43. The van der Waals surface area contributed by atoms with Crippen LogP contribution in [0.4, 0.5) is 0 Å². The number of hydrogen-bond donors (Lipinski definition) is 1. The Morgan fingerprint density at radius 2 is 1.74 bits per heavy atom. The van der Waals surface area contributed by atoms with Gasteiger partial charge in [0.25, 0.3) is 0 Å². The maximum atomic E-state index is 12.9. The fourth-order valence-corrected chi connectivity index (χ4v) is 6.48. The Bertz CT molecular complexity index is 1170. The summed E-state index contributed by atoms with van der Waals surface area (Å²) in [6.07, 6.45) is 6.91. The summed E-state index contributed by atoms with van der Waals surface area (Å²) in [7, 11) is 0. The van der Waals surface area contributed by atoms with Crippen molar-refractivity contribution in [3.63, 3.8) is 0 Å². The van der Waals surface area contributed by atoms with Gasteiger partial charge in [-0.2, -0.15) is 0 Å². The second-order valence-corrected chi connectivity index (χ2v) is 11.1. The van der Waals surface area contributed by atoms with Crippen LogP contribution in [-0.4, -0.2) is 60.8 Å². The standard InChI is InChI=1S/C25H34N6O2S/c1-17-12-18(2)14-29(13-17)23(33)16-34-25-28-27-24-30(20-10-6-7-11-21(20)31(24)25)15-22(32)26-19-8-4-3-5-9-19/h6-7,10-11,17-19H,3-5,8-9,12-16H2,1-2H3,(H,26,32)/t17-,18-/m0/s1. The number of piperidine rings is 1. The minimum absolute atomic E-state index is 0.0101. The van der Waals surface area contributed by atoms with Gasteiger partial charge in [-0.15, -0.1) is 10.2 Å². The lowest BCUT2D eigenvalue weighted by atomic mass is 9.92. The summed E-state index contributed by atoms with van der Waals surface area (Å²) >= 11 is 1.42. The molecule has 9 heteroatoms. The zero-order valence-electron chi connectivity index (χ0n) is 20.1. The number of aromatic nitrogens is 4. The second-order valence-electron chi connectivity index (χ2n) is 10.1. The third-order valence-electron chi connectivity index (χ3n) is 7.09. The Morgan fingerprint density at radius 3 is 2.47 bits per heavy atom. The average molecular weight is 483 g/mol. The smallest absolute Gasteiger partial charge is 0.240 e. The van der Waals surface area contributed by atoms with Crippen LogP contribution in [0.5, 0.6) is 0 Å². The summed E-state index contributed by atoms with van der Waals surface area (Å²) in [4.78, 5) is 27.8. The highest BCUT2D eigenvalue weighted by Crippen LogP contribution is 2.27. The molecule has 1 saturated heterocycles. The number of thioether (sulfide) groups is 1. The van der Waals surface area contributed by atoms with E-state index in [0.717, 1.165) is 37.0 Å². The molecule has 182 valence electrons. The molecule has 34 heavy (non-hydrogen) atoms. The number of carbonyl (C=O) groups excluding carboxylic acids is 2. The van der Waals surface area contributed by atoms with Crippen molar-refractivity contribution >= 4 is 40.4 Å². The first-order valence-electron chi connectivity index (χ1n) is 12.5. The van der Waals surface area contributed by atoms with E-state index < -0.39 is 0 Å². The number of imidazole rings is 1. The summed E-state index contributed by atoms with van der Waals surface area (Å²) in [5.41, 5.74) is 1.89. The van der Waals surface area contributed by atoms with Gasteiger partial charge < -0.3 is 10.2 Å². The van der Waals surface area contributed by atoms with Gasteiger partial charge in [0.2, 0.25) is 17.6 Å². The second kappa shape index (κ2) is 9.98. The molecule has 2 aliphatic rings. The van der Waals surface area contributed by atoms with Gasteiger partial charge in [0.1, 0.15) is 6.54 Å². The summed E-state index contributed by atoms with van der Waals surface area (Å²) in [5.74, 6) is 2.20. The molecule has 1 aliphatic carbocycles. The molecule has 2 amide bonds. The Kier molecular flexibility index (Phi) is 6.81. The summed E-state index contributed by atoms with van der Waals surface area (Å²) in [6.45, 7) is 6.29. The Labute approximate surface area is 204 Å². The van der Waals surface area contributed by atoms with Crippen molar-refractivity contribution in [3.05, 3.63) is 24.3 Å². The zero-order chi connectivity index (χ0) is 23.7. The van der Waals surface area contributed by atoms with Gasteiger partial charge in [0.05, 0.1) is 16.8 Å². The molecule has 1 aliphatic heterocycles. The van der Waals surface area contributed by atoms with E-state index >= 15 is 0 Å². The Balaban J connectivity index is 1.34. The quantitative estimate of drug-likeness (QED) is 0.541. The molecule has 2 atom stereocenters. The van der Waals surface area contributed by atoms with Gasteiger partial charge in [-0.05, 0) is 43.2 Å². The van der Waals surface area contributed by atoms with Crippen molar-refractivity contribution in [3.8, 4) is 0 Å². The molecule has 3 heterocycles. The SMILES string of the molecule is C[C@H]1C[C@H](C)CN(C(=O)CSc2nnc3n(CC(=O)NC4CCCCC4)c4ccccc4n23)C1. The maximum absolute atomic E-state index is 12.9. The Hall–Kier alpha value is -2.55. The number of para-hydroxylation sites is 2. The van der Waals surface area contributed by atoms with Crippen molar-refractivity contribution in [2.45, 2.75) is 70.1 Å². The number of likely N-dealkylation sites (tertiary alicyclic amines) is 1. The van der Waals surface area contributed by atoms with Crippen LogP contribution in [0.2, 0.25) is 0 Å². The van der Waals surface area contributed by atoms with Gasteiger partial charge in [-0.3, -0.25) is 18.6 Å². The summed E-state index contributed by atoms with van der Waals surface area (Å²) < 4.78 is 3.91. The van der Waals surface area contributed by atoms with Crippen molar-refractivity contribution in [1.29, 1.82) is 0 Å². The minimum Gasteiger partial charge on any atom is -0.352 e. The van der Waals surface area contributed by atoms with E-state index in [9.17, 15) is 9.59 Å². The molecule has 1 saturated carbocycles. The third kappa shape index (κ3) is 4.80. The molecule has 0 bridgehead atoms. The maximum Gasteiger partial charge on any atom is 0.240 e. The van der Waals surface area contributed by atoms with E-state index in [0.29, 0.717) is 28.5 Å². The number of nitrogens with zero attached hydrogens (tertiary/aromatic N) is 5. The zero-order valence-corrected chi connectivity index (χ0v) is 20.9. The van der Waals surface area contributed by atoms with Crippen LogP contribution in [0, 0.1) is 11.8 Å². The fraction of sp³-hybridized carbons (Fsp3) is 0.600. The van der Waals surface area contributed by atoms with E-state index in [-0.39, 0.29) is 24.4 Å². The summed E-state index contributed by atoms with van der Waals surface area (Å²) in [6, 6.07) is 8.24. The first-order valence-corrected chi connectivity index (χ1v) is 13.5. The number of carbonyl (C=O) groups is 2. The number of nitrogens with one attached hydrogen (secondary N) is 1. The van der Waals surface area contributed by atoms with E-state index in [1.165, 1.54) is 37.4 Å². The molecule has 1 N–H and O–H groups in total. The van der Waals surface area contributed by atoms with Crippen LogP contribution in [0.1, 0.15) is 52.4 Å². The molecule has 0 radical (unpaired) electrons. The van der Waals surface area contributed by atoms with Crippen LogP contribution in [0.15, 0.2) is 29.4 Å². The number of amides is 2. The molecule has 1 aromatic carbocycles. The van der Waals surface area contributed by atoms with Crippen LogP contribution >= 0.6 is 11.8 Å². The van der Waals surface area contributed by atoms with Crippen LogP contribution in [0.25, 0.3) is 16.8 Å². The van der Waals surface area contributed by atoms with Crippen LogP contribution in [0.3, 0.4) is 0 Å². The topological polar surface area (TPSA) is 84.5 Å². The predicted molar refractivity (Wildman–Crippen MR) is 134 cm³/mol. The molecule has 0 spiro atoms. The van der Waals surface area contributed by atoms with Crippen LogP contribution in [-0.2, 0) is 16.1 Å². The van der Waals surface area contributed by atoms with Crippen LogP contribution < -0.4 is 5.32 Å². The van der Waals surface area contributed by atoms with Gasteiger partial charge in [-0.1, -0.05) is 57.0 Å². The number of rotatable bonds is 6. The molecule has 8 nitrogen and oxygen atoms in total. The largest absolute Gasteiger partial charge is 0.352 e. The van der Waals surface area contributed by atoms with E-state index in [1.54, 1.807) is 0 Å². The third-order valence-corrected chi connectivity index (χ3v) is 8.00. The van der Waals surface area contributed by atoms with Gasteiger partial charge in [0, 0.05) is 19.1 Å². The van der Waals surface area contributed by atoms with Crippen molar-refractivity contribution in [2.75, 3.05) is 18.8 Å². The lowest BCUT2D eigenvalue weighted by molar-refractivity contribution is -0.131. The molecule has 2 fully saturated rings. The van der Waals surface area contributed by atoms with Gasteiger partial charge >= 0.3 is 0 Å². The minimum atomic E-state index is 0.0101. The fourth-order valence-electron chi connectivity index (χ4n) is 5.63. The highest BCUT2D eigenvalue weighted by molar-refractivity contribution is 7.99. The molecule has 5 rings (SSSR count). The lowest BCUT2D eigenvalue weighted by Gasteiger charge is -2.34. The van der Waals surface area contributed by atoms with Gasteiger partial charge in [-0.25, -0.2) is 0 Å². The summed E-state index contributed by atoms with van der Waals surface area (Å²) in [5, 5.41) is 12.7. The van der Waals surface area contributed by atoms with E-state index in [2.05, 4.69) is 29.4 Å². The first kappa shape index (κ1) is 23.2. The molecule has 3 aromatic rings.